The van der Waals surface area contributed by atoms with Crippen molar-refractivity contribution in [1.82, 2.24) is 5.32 Å². The summed E-state index contributed by atoms with van der Waals surface area (Å²) < 4.78 is 0. The molecule has 1 N–H and O–H groups in total. The van der Waals surface area contributed by atoms with Gasteiger partial charge in [-0.05, 0) is 30.5 Å². The number of carbonyl (C=O) groups is 3. The summed E-state index contributed by atoms with van der Waals surface area (Å²) in [5.74, 6) is -0.955. The van der Waals surface area contributed by atoms with E-state index >= 15 is 0 Å². The predicted octanol–water partition coefficient (Wildman–Crippen LogP) is 1.12. The zero-order chi connectivity index (χ0) is 14.3. The summed E-state index contributed by atoms with van der Waals surface area (Å²) in [5, 5.41) is 10.8. The number of urea groups is 1. The molecule has 2 aliphatic rings. The summed E-state index contributed by atoms with van der Waals surface area (Å²) in [7, 11) is 0. The fourth-order valence-corrected chi connectivity index (χ4v) is 2.33. The third-order valence-electron chi connectivity index (χ3n) is 3.70. The number of nitrogens with one attached hydrogen (secondary N) is 1. The molecule has 0 unspecified atom stereocenters. The van der Waals surface area contributed by atoms with Crippen LogP contribution in [0, 0.1) is 16.7 Å². The molecule has 0 bridgehead atoms. The molecule has 0 atom stereocenters. The van der Waals surface area contributed by atoms with Crippen molar-refractivity contribution in [3.8, 4) is 6.07 Å². The molecule has 4 amide bonds. The minimum atomic E-state index is -1.04. The van der Waals surface area contributed by atoms with Crippen molar-refractivity contribution in [2.45, 2.75) is 19.3 Å². The van der Waals surface area contributed by atoms with Crippen LogP contribution in [0.25, 0.3) is 0 Å². The number of carbonyl (C=O) groups excluding carboxylic acids is 3. The Hall–Kier alpha value is -2.68. The Morgan fingerprint density at radius 2 is 1.85 bits per heavy atom. The van der Waals surface area contributed by atoms with Gasteiger partial charge in [0.15, 0.2) is 0 Å². The van der Waals surface area contributed by atoms with E-state index in [0.717, 1.165) is 10.5 Å². The first-order valence-corrected chi connectivity index (χ1v) is 6.24. The fraction of sp³-hybridized carbons (Fsp3) is 0.286. The summed E-state index contributed by atoms with van der Waals surface area (Å²) >= 11 is 0. The summed E-state index contributed by atoms with van der Waals surface area (Å²) in [6.07, 6.45) is 1.23. The highest BCUT2D eigenvalue weighted by Crippen LogP contribution is 2.49. The molecular weight excluding hydrogens is 258 g/mol. The van der Waals surface area contributed by atoms with Gasteiger partial charge in [0.2, 0.25) is 5.91 Å². The second-order valence-electron chi connectivity index (χ2n) is 4.98. The SMILES string of the molecule is N#CCc1ccc(N2C(=O)NC(=O)C3(CC3)C2=O)cc1. The zero-order valence-corrected chi connectivity index (χ0v) is 10.5. The first-order chi connectivity index (χ1) is 9.58. The lowest BCUT2D eigenvalue weighted by atomic mass is 10.0. The van der Waals surface area contributed by atoms with Crippen LogP contribution in [0.15, 0.2) is 24.3 Å². The van der Waals surface area contributed by atoms with Crippen LogP contribution in [0.2, 0.25) is 0 Å². The Balaban J connectivity index is 1.92. The van der Waals surface area contributed by atoms with E-state index in [1.807, 2.05) is 6.07 Å². The molecule has 1 aliphatic heterocycles. The van der Waals surface area contributed by atoms with Crippen LogP contribution in [-0.2, 0) is 16.0 Å². The van der Waals surface area contributed by atoms with Crippen LogP contribution in [0.1, 0.15) is 18.4 Å². The minimum absolute atomic E-state index is 0.267. The number of barbiturate groups is 1. The maximum absolute atomic E-state index is 12.3. The molecule has 0 aromatic heterocycles. The molecule has 2 fully saturated rings. The Morgan fingerprint density at radius 1 is 1.20 bits per heavy atom. The number of benzene rings is 1. The number of hydrogen-bond acceptors (Lipinski definition) is 4. The normalized spacial score (nSPS) is 19.8. The van der Waals surface area contributed by atoms with Crippen molar-refractivity contribution >= 4 is 23.5 Å². The molecule has 1 saturated heterocycles. The maximum atomic E-state index is 12.3. The molecule has 1 saturated carbocycles. The van der Waals surface area contributed by atoms with Gasteiger partial charge in [-0.3, -0.25) is 14.9 Å². The number of imide groups is 2. The van der Waals surface area contributed by atoms with Crippen molar-refractivity contribution in [1.29, 1.82) is 5.26 Å². The first kappa shape index (κ1) is 12.4. The standard InChI is InChI=1S/C14H11N3O3/c15-8-5-9-1-3-10(4-2-9)17-12(19)14(6-7-14)11(18)16-13(17)20/h1-4H,5-7H2,(H,16,18,20). The molecule has 1 heterocycles. The van der Waals surface area contributed by atoms with Gasteiger partial charge in [-0.25, -0.2) is 9.69 Å². The van der Waals surface area contributed by atoms with Crippen LogP contribution >= 0.6 is 0 Å². The topological polar surface area (TPSA) is 90.3 Å². The van der Waals surface area contributed by atoms with Crippen molar-refractivity contribution in [2.75, 3.05) is 4.90 Å². The van der Waals surface area contributed by atoms with E-state index in [-0.39, 0.29) is 6.42 Å². The van der Waals surface area contributed by atoms with Gasteiger partial charge >= 0.3 is 6.03 Å². The lowest BCUT2D eigenvalue weighted by Crippen LogP contribution is -2.59. The largest absolute Gasteiger partial charge is 0.335 e. The van der Waals surface area contributed by atoms with Crippen LogP contribution in [0.4, 0.5) is 10.5 Å². The van der Waals surface area contributed by atoms with Crippen molar-refractivity contribution in [3.63, 3.8) is 0 Å². The minimum Gasteiger partial charge on any atom is -0.276 e. The van der Waals surface area contributed by atoms with Crippen molar-refractivity contribution < 1.29 is 14.4 Å². The molecule has 20 heavy (non-hydrogen) atoms. The highest BCUT2D eigenvalue weighted by atomic mass is 16.2. The smallest absolute Gasteiger partial charge is 0.276 e. The third kappa shape index (κ3) is 1.67. The van der Waals surface area contributed by atoms with Crippen molar-refractivity contribution in [3.05, 3.63) is 29.8 Å². The summed E-state index contributed by atoms with van der Waals surface area (Å²) in [5.41, 5.74) is 0.172. The van der Waals surface area contributed by atoms with E-state index < -0.39 is 23.3 Å². The molecule has 1 aliphatic carbocycles. The summed E-state index contributed by atoms with van der Waals surface area (Å²) in [6.45, 7) is 0. The van der Waals surface area contributed by atoms with Crippen LogP contribution in [-0.4, -0.2) is 17.8 Å². The third-order valence-corrected chi connectivity index (χ3v) is 3.70. The average molecular weight is 269 g/mol. The Morgan fingerprint density at radius 3 is 2.40 bits per heavy atom. The quantitative estimate of drug-likeness (QED) is 0.814. The molecular formula is C14H11N3O3. The number of rotatable bonds is 2. The van der Waals surface area contributed by atoms with Gasteiger partial charge in [0, 0.05) is 0 Å². The second kappa shape index (κ2) is 4.17. The van der Waals surface area contributed by atoms with Gasteiger partial charge in [-0.15, -0.1) is 0 Å². The summed E-state index contributed by atoms with van der Waals surface area (Å²) in [6, 6.07) is 7.90. The highest BCUT2D eigenvalue weighted by Gasteiger charge is 2.62. The van der Waals surface area contributed by atoms with Gasteiger partial charge in [0.05, 0.1) is 18.2 Å². The van der Waals surface area contributed by atoms with E-state index in [1.165, 1.54) is 0 Å². The van der Waals surface area contributed by atoms with E-state index in [1.54, 1.807) is 24.3 Å². The molecule has 6 nitrogen and oxygen atoms in total. The monoisotopic (exact) mass is 269 g/mol. The molecule has 1 aromatic rings. The molecule has 100 valence electrons. The number of amides is 4. The molecule has 0 radical (unpaired) electrons. The van der Waals surface area contributed by atoms with E-state index in [0.29, 0.717) is 18.5 Å². The number of anilines is 1. The maximum Gasteiger partial charge on any atom is 0.335 e. The van der Waals surface area contributed by atoms with E-state index in [2.05, 4.69) is 5.32 Å². The zero-order valence-electron chi connectivity index (χ0n) is 10.5. The average Bonchev–Trinajstić information content (AvgIpc) is 3.21. The summed E-state index contributed by atoms with van der Waals surface area (Å²) in [4.78, 5) is 36.9. The van der Waals surface area contributed by atoms with E-state index in [4.69, 9.17) is 5.26 Å². The molecule has 1 spiro atoms. The Labute approximate surface area is 115 Å². The molecule has 3 rings (SSSR count). The fourth-order valence-electron chi connectivity index (χ4n) is 2.33. The van der Waals surface area contributed by atoms with Crippen LogP contribution in [0.5, 0.6) is 0 Å². The number of nitriles is 1. The predicted molar refractivity (Wildman–Crippen MR) is 68.5 cm³/mol. The molecule has 1 aromatic carbocycles. The lowest BCUT2D eigenvalue weighted by molar-refractivity contribution is -0.136. The van der Waals surface area contributed by atoms with Crippen molar-refractivity contribution in [2.24, 2.45) is 5.41 Å². The van der Waals surface area contributed by atoms with Crippen LogP contribution in [0.3, 0.4) is 0 Å². The Bertz CT molecular complexity index is 653. The van der Waals surface area contributed by atoms with Gasteiger partial charge in [0.25, 0.3) is 5.91 Å². The van der Waals surface area contributed by atoms with Gasteiger partial charge in [-0.1, -0.05) is 12.1 Å². The second-order valence-corrected chi connectivity index (χ2v) is 4.98. The van der Waals surface area contributed by atoms with Crippen LogP contribution < -0.4 is 10.2 Å². The lowest BCUT2D eigenvalue weighted by Gasteiger charge is -2.30. The van der Waals surface area contributed by atoms with Gasteiger partial charge in [-0.2, -0.15) is 5.26 Å². The van der Waals surface area contributed by atoms with E-state index in [9.17, 15) is 14.4 Å². The van der Waals surface area contributed by atoms with Gasteiger partial charge < -0.3 is 0 Å². The number of nitrogens with zero attached hydrogens (tertiary/aromatic N) is 2. The number of hydrogen-bond donors (Lipinski definition) is 1. The molecule has 6 heteroatoms. The van der Waals surface area contributed by atoms with Gasteiger partial charge in [0.1, 0.15) is 5.41 Å². The Kier molecular flexibility index (Phi) is 2.57. The highest BCUT2D eigenvalue weighted by molar-refractivity contribution is 6.31. The first-order valence-electron chi connectivity index (χ1n) is 6.24.